The molecule has 0 aromatic carbocycles. The van der Waals surface area contributed by atoms with Gasteiger partial charge in [0.25, 0.3) is 0 Å². The highest BCUT2D eigenvalue weighted by molar-refractivity contribution is 5.73. The molecule has 1 rings (SSSR count). The third-order valence-corrected chi connectivity index (χ3v) is 2.89. The lowest BCUT2D eigenvalue weighted by molar-refractivity contribution is -0.137. The molecule has 0 spiro atoms. The van der Waals surface area contributed by atoms with Crippen LogP contribution in [0, 0.1) is 0 Å². The largest absolute Gasteiger partial charge is 0.481 e. The Morgan fingerprint density at radius 2 is 1.94 bits per heavy atom. The fraction of sp³-hybridized carbons (Fsp3) is 0.538. The van der Waals surface area contributed by atoms with E-state index in [0.717, 1.165) is 31.4 Å². The number of hydrogen-bond donors (Lipinski definition) is 3. The summed E-state index contributed by atoms with van der Waals surface area (Å²) in [6.45, 7) is 0. The first-order valence-electron chi connectivity index (χ1n) is 6.25. The molecule has 1 heterocycles. The van der Waals surface area contributed by atoms with Gasteiger partial charge in [0.2, 0.25) is 5.91 Å². The van der Waals surface area contributed by atoms with Gasteiger partial charge in [-0.05, 0) is 37.3 Å². The standard InChI is InChI=1S/C13H20N2O3/c14-12(16)5-3-1-2-4-10-8-9-15-11(10)6-7-13(17)18/h8-9,15H,1-7H2,(H2,14,16)(H,17,18). The number of hydrogen-bond acceptors (Lipinski definition) is 2. The van der Waals surface area contributed by atoms with Gasteiger partial charge in [0, 0.05) is 18.3 Å². The summed E-state index contributed by atoms with van der Waals surface area (Å²) in [4.78, 5) is 24.1. The SMILES string of the molecule is NC(=O)CCCCCc1cc[nH]c1CCC(=O)O. The second-order valence-electron chi connectivity index (χ2n) is 4.40. The normalized spacial score (nSPS) is 10.4. The van der Waals surface area contributed by atoms with Crippen LogP contribution in [0.3, 0.4) is 0 Å². The van der Waals surface area contributed by atoms with Crippen molar-refractivity contribution in [2.45, 2.75) is 44.9 Å². The first-order valence-corrected chi connectivity index (χ1v) is 6.25. The zero-order chi connectivity index (χ0) is 13.4. The molecule has 0 aliphatic rings. The third kappa shape index (κ3) is 5.52. The fourth-order valence-electron chi connectivity index (χ4n) is 1.93. The lowest BCUT2D eigenvalue weighted by atomic mass is 10.0. The van der Waals surface area contributed by atoms with Crippen molar-refractivity contribution in [2.24, 2.45) is 5.73 Å². The third-order valence-electron chi connectivity index (χ3n) is 2.89. The van der Waals surface area contributed by atoms with Crippen molar-refractivity contribution < 1.29 is 14.7 Å². The Balaban J connectivity index is 2.27. The number of nitrogens with two attached hydrogens (primary N) is 1. The summed E-state index contributed by atoms with van der Waals surface area (Å²) in [5.41, 5.74) is 7.24. The van der Waals surface area contributed by atoms with Crippen molar-refractivity contribution in [3.05, 3.63) is 23.5 Å². The molecular formula is C13H20N2O3. The highest BCUT2D eigenvalue weighted by Gasteiger charge is 2.06. The van der Waals surface area contributed by atoms with Gasteiger partial charge in [0.05, 0.1) is 6.42 Å². The molecule has 5 heteroatoms. The van der Waals surface area contributed by atoms with Crippen LogP contribution >= 0.6 is 0 Å². The Kier molecular flexibility index (Phi) is 5.97. The van der Waals surface area contributed by atoms with Gasteiger partial charge in [0.1, 0.15) is 0 Å². The van der Waals surface area contributed by atoms with Gasteiger partial charge in [-0.2, -0.15) is 0 Å². The maximum absolute atomic E-state index is 10.6. The number of aromatic nitrogens is 1. The van der Waals surface area contributed by atoms with Gasteiger partial charge < -0.3 is 15.8 Å². The van der Waals surface area contributed by atoms with Gasteiger partial charge in [0.15, 0.2) is 0 Å². The Labute approximate surface area is 106 Å². The maximum Gasteiger partial charge on any atom is 0.303 e. The minimum Gasteiger partial charge on any atom is -0.481 e. The summed E-state index contributed by atoms with van der Waals surface area (Å²) >= 11 is 0. The zero-order valence-corrected chi connectivity index (χ0v) is 10.4. The summed E-state index contributed by atoms with van der Waals surface area (Å²) in [5, 5.41) is 8.64. The number of carbonyl (C=O) groups excluding carboxylic acids is 1. The number of unbranched alkanes of at least 4 members (excludes halogenated alkanes) is 2. The molecule has 1 aromatic heterocycles. The molecule has 0 saturated carbocycles. The van der Waals surface area contributed by atoms with E-state index in [1.807, 2.05) is 12.3 Å². The number of aromatic amines is 1. The second-order valence-corrected chi connectivity index (χ2v) is 4.40. The van der Waals surface area contributed by atoms with Crippen LogP contribution < -0.4 is 5.73 Å². The average molecular weight is 252 g/mol. The Bertz CT molecular complexity index is 399. The molecule has 0 aliphatic heterocycles. The van der Waals surface area contributed by atoms with E-state index >= 15 is 0 Å². The van der Waals surface area contributed by atoms with E-state index in [1.54, 1.807) is 0 Å². The van der Waals surface area contributed by atoms with Crippen LogP contribution in [0.1, 0.15) is 43.4 Å². The number of aliphatic carboxylic acids is 1. The van der Waals surface area contributed by atoms with Crippen LogP contribution in [0.4, 0.5) is 0 Å². The zero-order valence-electron chi connectivity index (χ0n) is 10.4. The minimum absolute atomic E-state index is 0.148. The van der Waals surface area contributed by atoms with E-state index in [4.69, 9.17) is 10.8 Å². The molecule has 0 atom stereocenters. The summed E-state index contributed by atoms with van der Waals surface area (Å²) in [6, 6.07) is 1.99. The van der Waals surface area contributed by atoms with Crippen molar-refractivity contribution in [3.8, 4) is 0 Å². The average Bonchev–Trinajstić information content (AvgIpc) is 2.73. The van der Waals surface area contributed by atoms with Crippen molar-refractivity contribution in [2.75, 3.05) is 0 Å². The number of aryl methyl sites for hydroxylation is 2. The molecule has 0 unspecified atom stereocenters. The molecule has 5 nitrogen and oxygen atoms in total. The van der Waals surface area contributed by atoms with Gasteiger partial charge in [-0.3, -0.25) is 9.59 Å². The van der Waals surface area contributed by atoms with E-state index < -0.39 is 5.97 Å². The molecule has 0 aliphatic carbocycles. The fourth-order valence-corrected chi connectivity index (χ4v) is 1.93. The number of carboxylic acids is 1. The smallest absolute Gasteiger partial charge is 0.303 e. The van der Waals surface area contributed by atoms with E-state index in [0.29, 0.717) is 12.8 Å². The first kappa shape index (κ1) is 14.3. The van der Waals surface area contributed by atoms with Gasteiger partial charge in [-0.1, -0.05) is 6.42 Å². The topological polar surface area (TPSA) is 96.2 Å². The van der Waals surface area contributed by atoms with Crippen LogP contribution in [0.5, 0.6) is 0 Å². The molecule has 100 valence electrons. The van der Waals surface area contributed by atoms with Crippen LogP contribution in [-0.4, -0.2) is 22.0 Å². The second kappa shape index (κ2) is 7.53. The van der Waals surface area contributed by atoms with Crippen molar-refractivity contribution in [1.29, 1.82) is 0 Å². The Morgan fingerprint density at radius 3 is 2.61 bits per heavy atom. The number of rotatable bonds is 9. The lowest BCUT2D eigenvalue weighted by Gasteiger charge is -2.03. The monoisotopic (exact) mass is 252 g/mol. The molecule has 0 radical (unpaired) electrons. The minimum atomic E-state index is -0.781. The van der Waals surface area contributed by atoms with Gasteiger partial charge in [-0.25, -0.2) is 0 Å². The Morgan fingerprint density at radius 1 is 1.17 bits per heavy atom. The summed E-state index contributed by atoms with van der Waals surface area (Å²) < 4.78 is 0. The molecular weight excluding hydrogens is 232 g/mol. The highest BCUT2D eigenvalue weighted by Crippen LogP contribution is 2.13. The summed E-state index contributed by atoms with van der Waals surface area (Å²) in [7, 11) is 0. The maximum atomic E-state index is 10.6. The van der Waals surface area contributed by atoms with Gasteiger partial charge >= 0.3 is 5.97 Å². The van der Waals surface area contributed by atoms with E-state index in [9.17, 15) is 9.59 Å². The van der Waals surface area contributed by atoms with E-state index in [2.05, 4.69) is 4.98 Å². The molecule has 1 amide bonds. The molecule has 18 heavy (non-hydrogen) atoms. The Hall–Kier alpha value is -1.78. The quantitative estimate of drug-likeness (QED) is 0.583. The van der Waals surface area contributed by atoms with Crippen LogP contribution in [0.2, 0.25) is 0 Å². The lowest BCUT2D eigenvalue weighted by Crippen LogP contribution is -2.09. The molecule has 0 fully saturated rings. The molecule has 1 aromatic rings. The number of amides is 1. The van der Waals surface area contributed by atoms with Crippen molar-refractivity contribution >= 4 is 11.9 Å². The number of carbonyl (C=O) groups is 2. The summed E-state index contributed by atoms with van der Waals surface area (Å²) in [6.07, 6.45) is 6.67. The summed E-state index contributed by atoms with van der Waals surface area (Å²) in [5.74, 6) is -1.03. The number of H-pyrrole nitrogens is 1. The van der Waals surface area contributed by atoms with Crippen molar-refractivity contribution in [3.63, 3.8) is 0 Å². The highest BCUT2D eigenvalue weighted by atomic mass is 16.4. The predicted molar refractivity (Wildman–Crippen MR) is 68.1 cm³/mol. The predicted octanol–water partition coefficient (Wildman–Crippen LogP) is 1.62. The van der Waals surface area contributed by atoms with Crippen LogP contribution in [0.15, 0.2) is 12.3 Å². The number of nitrogens with one attached hydrogen (secondary N) is 1. The van der Waals surface area contributed by atoms with E-state index in [-0.39, 0.29) is 12.3 Å². The molecule has 4 N–H and O–H groups in total. The van der Waals surface area contributed by atoms with Crippen LogP contribution in [-0.2, 0) is 22.4 Å². The molecule has 0 bridgehead atoms. The van der Waals surface area contributed by atoms with Crippen molar-refractivity contribution in [1.82, 2.24) is 4.98 Å². The number of primary amides is 1. The number of carboxylic acid groups (broad SMARTS) is 1. The van der Waals surface area contributed by atoms with E-state index in [1.165, 1.54) is 5.56 Å². The first-order chi connectivity index (χ1) is 8.59. The van der Waals surface area contributed by atoms with Crippen LogP contribution in [0.25, 0.3) is 0 Å². The van der Waals surface area contributed by atoms with Gasteiger partial charge in [-0.15, -0.1) is 0 Å². The molecule has 0 saturated heterocycles.